The SMILES string of the molecule is Cc1ccc(C(=O)NC(NC(=S)Nc2ccc(C)c(C)c2)C(Cl)(Cl)Cl)cc1. The Labute approximate surface area is 179 Å². The molecule has 0 aromatic heterocycles. The number of halogens is 3. The summed E-state index contributed by atoms with van der Waals surface area (Å²) in [6.07, 6.45) is -1.03. The van der Waals surface area contributed by atoms with Gasteiger partial charge in [-0.3, -0.25) is 4.79 Å². The standard InChI is InChI=1S/C19H20Cl3N3OS/c1-11-4-7-14(8-5-11)16(26)24-17(19(20,21)22)25-18(27)23-15-9-6-12(2)13(3)10-15/h4-10,17H,1-3H3,(H,24,26)(H2,23,25,27). The van der Waals surface area contributed by atoms with Gasteiger partial charge in [-0.15, -0.1) is 0 Å². The third-order valence-corrected chi connectivity index (χ3v) is 4.83. The van der Waals surface area contributed by atoms with E-state index >= 15 is 0 Å². The lowest BCUT2D eigenvalue weighted by Gasteiger charge is -2.28. The molecule has 0 aliphatic rings. The van der Waals surface area contributed by atoms with Crippen LogP contribution in [0.5, 0.6) is 0 Å². The number of carbonyl (C=O) groups is 1. The van der Waals surface area contributed by atoms with Crippen molar-refractivity contribution in [2.45, 2.75) is 30.7 Å². The number of aryl methyl sites for hydroxylation is 3. The Kier molecular flexibility index (Phi) is 7.34. The van der Waals surface area contributed by atoms with Crippen LogP contribution < -0.4 is 16.0 Å². The predicted octanol–water partition coefficient (Wildman–Crippen LogP) is 5.02. The molecule has 2 aromatic carbocycles. The van der Waals surface area contributed by atoms with Crippen LogP contribution in [-0.4, -0.2) is 21.0 Å². The van der Waals surface area contributed by atoms with Gasteiger partial charge in [-0.05, 0) is 68.4 Å². The summed E-state index contributed by atoms with van der Waals surface area (Å²) in [5.74, 6) is -0.382. The van der Waals surface area contributed by atoms with Crippen molar-refractivity contribution in [3.8, 4) is 0 Å². The van der Waals surface area contributed by atoms with Crippen LogP contribution in [-0.2, 0) is 0 Å². The zero-order chi connectivity index (χ0) is 20.2. The number of amides is 1. The maximum Gasteiger partial charge on any atom is 0.252 e. The number of carbonyl (C=O) groups excluding carboxylic acids is 1. The number of benzene rings is 2. The fourth-order valence-electron chi connectivity index (χ4n) is 2.24. The molecule has 0 saturated heterocycles. The molecule has 8 heteroatoms. The van der Waals surface area contributed by atoms with Gasteiger partial charge in [0.1, 0.15) is 6.17 Å². The van der Waals surface area contributed by atoms with E-state index in [0.717, 1.165) is 16.8 Å². The van der Waals surface area contributed by atoms with Gasteiger partial charge in [-0.2, -0.15) is 0 Å². The fourth-order valence-corrected chi connectivity index (χ4v) is 2.80. The van der Waals surface area contributed by atoms with Gasteiger partial charge in [0.2, 0.25) is 3.79 Å². The zero-order valence-electron chi connectivity index (χ0n) is 15.1. The summed E-state index contributed by atoms with van der Waals surface area (Å²) >= 11 is 23.3. The van der Waals surface area contributed by atoms with Gasteiger partial charge in [0.05, 0.1) is 0 Å². The van der Waals surface area contributed by atoms with Crippen molar-refractivity contribution in [2.24, 2.45) is 0 Å². The Morgan fingerprint density at radius 2 is 1.59 bits per heavy atom. The summed E-state index contributed by atoms with van der Waals surface area (Å²) in [6, 6.07) is 12.9. The van der Waals surface area contributed by atoms with Crippen molar-refractivity contribution in [3.63, 3.8) is 0 Å². The Bertz CT molecular complexity index is 835. The number of thiocarbonyl (C=S) groups is 1. The van der Waals surface area contributed by atoms with Crippen LogP contribution in [0.2, 0.25) is 0 Å². The van der Waals surface area contributed by atoms with E-state index < -0.39 is 9.96 Å². The minimum Gasteiger partial charge on any atom is -0.339 e. The molecule has 1 atom stereocenters. The number of hydrogen-bond acceptors (Lipinski definition) is 2. The predicted molar refractivity (Wildman–Crippen MR) is 118 cm³/mol. The molecule has 3 N–H and O–H groups in total. The van der Waals surface area contributed by atoms with Crippen molar-refractivity contribution in [1.29, 1.82) is 0 Å². The molecule has 0 radical (unpaired) electrons. The third kappa shape index (κ3) is 6.54. The largest absolute Gasteiger partial charge is 0.339 e. The van der Waals surface area contributed by atoms with E-state index in [-0.39, 0.29) is 11.0 Å². The monoisotopic (exact) mass is 443 g/mol. The highest BCUT2D eigenvalue weighted by molar-refractivity contribution is 7.80. The minimum atomic E-state index is -1.81. The summed E-state index contributed by atoms with van der Waals surface area (Å²) in [5.41, 5.74) is 4.58. The summed E-state index contributed by atoms with van der Waals surface area (Å²) < 4.78 is -1.81. The van der Waals surface area contributed by atoms with Gasteiger partial charge >= 0.3 is 0 Å². The lowest BCUT2D eigenvalue weighted by molar-refractivity contribution is 0.0934. The van der Waals surface area contributed by atoms with E-state index in [0.29, 0.717) is 5.56 Å². The molecule has 0 spiro atoms. The van der Waals surface area contributed by atoms with Crippen LogP contribution in [0.3, 0.4) is 0 Å². The van der Waals surface area contributed by atoms with Gasteiger partial charge in [0, 0.05) is 11.3 Å². The first-order valence-corrected chi connectivity index (χ1v) is 9.69. The quantitative estimate of drug-likeness (QED) is 0.352. The van der Waals surface area contributed by atoms with Crippen LogP contribution in [0.15, 0.2) is 42.5 Å². The Morgan fingerprint density at radius 3 is 2.15 bits per heavy atom. The molecular weight excluding hydrogens is 425 g/mol. The second-order valence-electron chi connectivity index (χ2n) is 6.21. The summed E-state index contributed by atoms with van der Waals surface area (Å²) in [7, 11) is 0. The topological polar surface area (TPSA) is 53.2 Å². The molecule has 0 heterocycles. The average molecular weight is 445 g/mol. The van der Waals surface area contributed by atoms with Gasteiger partial charge in [-0.1, -0.05) is 58.6 Å². The van der Waals surface area contributed by atoms with Gasteiger partial charge in [0.25, 0.3) is 5.91 Å². The molecule has 4 nitrogen and oxygen atoms in total. The Hall–Kier alpha value is -1.53. The number of rotatable bonds is 4. The van der Waals surface area contributed by atoms with E-state index in [9.17, 15) is 4.79 Å². The maximum absolute atomic E-state index is 12.4. The van der Waals surface area contributed by atoms with Crippen LogP contribution in [0.1, 0.15) is 27.0 Å². The number of hydrogen-bond donors (Lipinski definition) is 3. The fraction of sp³-hybridized carbons (Fsp3) is 0.263. The highest BCUT2D eigenvalue weighted by atomic mass is 35.6. The van der Waals surface area contributed by atoms with Crippen molar-refractivity contribution in [3.05, 3.63) is 64.7 Å². The van der Waals surface area contributed by atoms with E-state index in [1.165, 1.54) is 5.56 Å². The third-order valence-electron chi connectivity index (χ3n) is 3.96. The second kappa shape index (κ2) is 9.11. The normalized spacial score (nSPS) is 12.2. The second-order valence-corrected chi connectivity index (χ2v) is 8.99. The van der Waals surface area contributed by atoms with Crippen LogP contribution in [0.25, 0.3) is 0 Å². The van der Waals surface area contributed by atoms with E-state index in [4.69, 9.17) is 47.0 Å². The first kappa shape index (κ1) is 21.8. The van der Waals surface area contributed by atoms with Crippen molar-refractivity contribution < 1.29 is 4.79 Å². The van der Waals surface area contributed by atoms with Crippen LogP contribution in [0.4, 0.5) is 5.69 Å². The molecule has 0 aliphatic heterocycles. The maximum atomic E-state index is 12.4. The molecule has 2 aromatic rings. The highest BCUT2D eigenvalue weighted by Crippen LogP contribution is 2.29. The summed E-state index contributed by atoms with van der Waals surface area (Å²) in [6.45, 7) is 5.96. The highest BCUT2D eigenvalue weighted by Gasteiger charge is 2.34. The van der Waals surface area contributed by atoms with Crippen molar-refractivity contribution in [1.82, 2.24) is 10.6 Å². The smallest absolute Gasteiger partial charge is 0.252 e. The average Bonchev–Trinajstić information content (AvgIpc) is 2.57. The molecule has 0 aliphatic carbocycles. The summed E-state index contributed by atoms with van der Waals surface area (Å²) in [4.78, 5) is 12.4. The Balaban J connectivity index is 2.07. The molecule has 1 amide bonds. The number of anilines is 1. The first-order valence-electron chi connectivity index (χ1n) is 8.15. The van der Waals surface area contributed by atoms with E-state index in [2.05, 4.69) is 16.0 Å². The first-order chi connectivity index (χ1) is 12.6. The molecule has 0 bridgehead atoms. The van der Waals surface area contributed by atoms with E-state index in [1.54, 1.807) is 12.1 Å². The molecule has 27 heavy (non-hydrogen) atoms. The van der Waals surface area contributed by atoms with Gasteiger partial charge < -0.3 is 16.0 Å². The van der Waals surface area contributed by atoms with Crippen LogP contribution >= 0.6 is 47.0 Å². The molecule has 0 saturated carbocycles. The molecule has 2 rings (SSSR count). The van der Waals surface area contributed by atoms with Crippen molar-refractivity contribution >= 4 is 63.7 Å². The Morgan fingerprint density at radius 1 is 0.963 bits per heavy atom. The number of nitrogens with one attached hydrogen (secondary N) is 3. The number of alkyl halides is 3. The van der Waals surface area contributed by atoms with E-state index in [1.807, 2.05) is 51.1 Å². The molecule has 1 unspecified atom stereocenters. The summed E-state index contributed by atoms with van der Waals surface area (Å²) in [5, 5.41) is 8.75. The van der Waals surface area contributed by atoms with Gasteiger partial charge in [0.15, 0.2) is 5.11 Å². The molecule has 0 fully saturated rings. The lowest BCUT2D eigenvalue weighted by Crippen LogP contribution is -2.56. The minimum absolute atomic E-state index is 0.221. The van der Waals surface area contributed by atoms with Crippen molar-refractivity contribution in [2.75, 3.05) is 5.32 Å². The molecule has 144 valence electrons. The zero-order valence-corrected chi connectivity index (χ0v) is 18.2. The van der Waals surface area contributed by atoms with Crippen LogP contribution in [0, 0.1) is 20.8 Å². The van der Waals surface area contributed by atoms with Gasteiger partial charge in [-0.25, -0.2) is 0 Å². The lowest BCUT2D eigenvalue weighted by atomic mass is 10.1. The molecular formula is C19H20Cl3N3OS.